The first-order valence-corrected chi connectivity index (χ1v) is 2.19. The molecule has 0 aromatic heterocycles. The highest BCUT2D eigenvalue weighted by atomic mass is 16.4. The number of carboxylic acid groups (broad SMARTS) is 1. The summed E-state index contributed by atoms with van der Waals surface area (Å²) in [5.41, 5.74) is 5.02. The number of nitrogens with two attached hydrogens (primary N) is 1. The number of nitrogens with zero attached hydrogens (tertiary/aromatic N) is 2. The van der Waals surface area contributed by atoms with Crippen molar-refractivity contribution in [2.45, 2.75) is 6.92 Å². The Labute approximate surface area is 51.9 Å². The molecular weight excluding hydrogens is 122 g/mol. The van der Waals surface area contributed by atoms with Crippen LogP contribution >= 0.6 is 0 Å². The molecule has 0 rings (SSSR count). The molecule has 5 nitrogen and oxygen atoms in total. The summed E-state index contributed by atoms with van der Waals surface area (Å²) < 4.78 is 0. The Bertz CT molecular complexity index is 157. The summed E-state index contributed by atoms with van der Waals surface area (Å²) in [4.78, 5) is 9.72. The van der Waals surface area contributed by atoms with Crippen LogP contribution in [0.5, 0.6) is 0 Å². The summed E-state index contributed by atoms with van der Waals surface area (Å²) in [5.74, 6) is -0.910. The van der Waals surface area contributed by atoms with Crippen LogP contribution in [-0.2, 0) is 4.79 Å². The summed E-state index contributed by atoms with van der Waals surface area (Å²) in [6, 6.07) is 0. The molecular formula is C4H7N3O2. The van der Waals surface area contributed by atoms with Crippen molar-refractivity contribution in [3.63, 3.8) is 0 Å². The molecule has 50 valence electrons. The van der Waals surface area contributed by atoms with Crippen LogP contribution in [-0.4, -0.2) is 23.1 Å². The van der Waals surface area contributed by atoms with Gasteiger partial charge < -0.3 is 10.8 Å². The van der Waals surface area contributed by atoms with Crippen molar-refractivity contribution in [1.29, 1.82) is 0 Å². The molecule has 0 fully saturated rings. The zero-order valence-corrected chi connectivity index (χ0v) is 4.90. The van der Waals surface area contributed by atoms with Gasteiger partial charge in [0.1, 0.15) is 12.1 Å². The van der Waals surface area contributed by atoms with Crippen molar-refractivity contribution in [3.8, 4) is 0 Å². The number of rotatable bonds is 2. The molecule has 0 radical (unpaired) electrons. The van der Waals surface area contributed by atoms with Gasteiger partial charge in [0.25, 0.3) is 0 Å². The van der Waals surface area contributed by atoms with Crippen LogP contribution in [0.15, 0.2) is 10.2 Å². The van der Waals surface area contributed by atoms with E-state index >= 15 is 0 Å². The van der Waals surface area contributed by atoms with E-state index in [-0.39, 0.29) is 5.84 Å². The Morgan fingerprint density at radius 3 is 2.67 bits per heavy atom. The van der Waals surface area contributed by atoms with E-state index in [9.17, 15) is 4.79 Å². The van der Waals surface area contributed by atoms with Crippen molar-refractivity contribution in [3.05, 3.63) is 0 Å². The number of hydrogen-bond donors (Lipinski definition) is 2. The van der Waals surface area contributed by atoms with Crippen LogP contribution in [0.1, 0.15) is 6.92 Å². The van der Waals surface area contributed by atoms with E-state index in [0.717, 1.165) is 0 Å². The zero-order valence-electron chi connectivity index (χ0n) is 4.90. The second kappa shape index (κ2) is 3.59. The lowest BCUT2D eigenvalue weighted by molar-refractivity contribution is -0.128. The fraction of sp³-hybridized carbons (Fsp3) is 0.250. The van der Waals surface area contributed by atoms with E-state index in [4.69, 9.17) is 10.8 Å². The number of hydrogen-bond acceptors (Lipinski definition) is 3. The molecule has 0 amide bonds. The Morgan fingerprint density at radius 1 is 1.78 bits per heavy atom. The molecule has 0 heterocycles. The van der Waals surface area contributed by atoms with Crippen molar-refractivity contribution in [2.75, 3.05) is 0 Å². The monoisotopic (exact) mass is 129 g/mol. The standard InChI is InChI=1S/C4H7N3O2/c1-3(5)7-6-2-4(8)9/h2H,1H3,(H2,5,7)(H,8,9)/b6-2+. The minimum Gasteiger partial charge on any atom is -0.477 e. The number of aliphatic carboxylic acids is 1. The normalized spacial score (nSPS) is 12.3. The topological polar surface area (TPSA) is 88.0 Å². The maximum atomic E-state index is 9.72. The third-order valence-corrected chi connectivity index (χ3v) is 0.384. The van der Waals surface area contributed by atoms with E-state index < -0.39 is 5.97 Å². The molecule has 0 saturated heterocycles. The average molecular weight is 129 g/mol. The second-order valence-electron chi connectivity index (χ2n) is 1.32. The van der Waals surface area contributed by atoms with Gasteiger partial charge in [0, 0.05) is 0 Å². The van der Waals surface area contributed by atoms with E-state index in [1.807, 2.05) is 0 Å². The molecule has 9 heavy (non-hydrogen) atoms. The molecule has 0 aromatic carbocycles. The Hall–Kier alpha value is -1.39. The third kappa shape index (κ3) is 6.61. The molecule has 0 atom stereocenters. The van der Waals surface area contributed by atoms with Gasteiger partial charge in [-0.25, -0.2) is 4.79 Å². The molecule has 0 saturated carbocycles. The maximum absolute atomic E-state index is 9.72. The highest BCUT2D eigenvalue weighted by molar-refractivity contribution is 6.22. The number of carboxylic acids is 1. The first kappa shape index (κ1) is 7.61. The van der Waals surface area contributed by atoms with Gasteiger partial charge in [-0.15, -0.1) is 10.2 Å². The van der Waals surface area contributed by atoms with Crippen LogP contribution in [0.25, 0.3) is 0 Å². The van der Waals surface area contributed by atoms with E-state index in [1.54, 1.807) is 0 Å². The second-order valence-corrected chi connectivity index (χ2v) is 1.32. The van der Waals surface area contributed by atoms with Crippen LogP contribution in [0.4, 0.5) is 0 Å². The van der Waals surface area contributed by atoms with Gasteiger partial charge in [-0.3, -0.25) is 0 Å². The zero-order chi connectivity index (χ0) is 7.28. The van der Waals surface area contributed by atoms with Crippen molar-refractivity contribution in [1.82, 2.24) is 0 Å². The van der Waals surface area contributed by atoms with Gasteiger partial charge in [0.05, 0.1) is 0 Å². The Balaban J connectivity index is 3.74. The minimum absolute atomic E-state index is 0.229. The molecule has 0 aromatic rings. The van der Waals surface area contributed by atoms with E-state index in [2.05, 4.69) is 10.2 Å². The molecule has 0 aliphatic heterocycles. The Morgan fingerprint density at radius 2 is 2.33 bits per heavy atom. The summed E-state index contributed by atoms with van der Waals surface area (Å²) in [7, 11) is 0. The molecule has 0 unspecified atom stereocenters. The van der Waals surface area contributed by atoms with Crippen LogP contribution < -0.4 is 5.73 Å². The molecule has 0 aliphatic carbocycles. The van der Waals surface area contributed by atoms with Gasteiger partial charge in [-0.05, 0) is 6.92 Å². The van der Waals surface area contributed by atoms with Crippen LogP contribution in [0, 0.1) is 0 Å². The Kier molecular flexibility index (Phi) is 3.04. The number of carbonyl (C=O) groups is 1. The highest BCUT2D eigenvalue weighted by Crippen LogP contribution is 1.68. The lowest BCUT2D eigenvalue weighted by Crippen LogP contribution is -2.04. The molecule has 0 spiro atoms. The van der Waals surface area contributed by atoms with Crippen LogP contribution in [0.3, 0.4) is 0 Å². The first-order valence-electron chi connectivity index (χ1n) is 2.19. The van der Waals surface area contributed by atoms with Crippen molar-refractivity contribution in [2.24, 2.45) is 15.9 Å². The van der Waals surface area contributed by atoms with Crippen molar-refractivity contribution >= 4 is 18.0 Å². The summed E-state index contributed by atoms with van der Waals surface area (Å²) in [5, 5.41) is 14.3. The fourth-order valence-corrected chi connectivity index (χ4v) is 0.169. The predicted molar refractivity (Wildman–Crippen MR) is 33.4 cm³/mol. The molecule has 3 N–H and O–H groups in total. The summed E-state index contributed by atoms with van der Waals surface area (Å²) in [6.45, 7) is 1.51. The highest BCUT2D eigenvalue weighted by Gasteiger charge is 1.82. The largest absolute Gasteiger partial charge is 0.477 e. The van der Waals surface area contributed by atoms with E-state index in [0.29, 0.717) is 6.21 Å². The van der Waals surface area contributed by atoms with Gasteiger partial charge in [0.15, 0.2) is 0 Å². The predicted octanol–water partition coefficient (Wildman–Crippen LogP) is -0.566. The van der Waals surface area contributed by atoms with Gasteiger partial charge >= 0.3 is 5.97 Å². The molecule has 0 bridgehead atoms. The van der Waals surface area contributed by atoms with Crippen LogP contribution in [0.2, 0.25) is 0 Å². The quantitative estimate of drug-likeness (QED) is 0.297. The minimum atomic E-state index is -1.14. The first-order chi connectivity index (χ1) is 4.13. The number of amidine groups is 1. The van der Waals surface area contributed by atoms with Gasteiger partial charge in [-0.2, -0.15) is 0 Å². The summed E-state index contributed by atoms with van der Waals surface area (Å²) in [6.07, 6.45) is 0.663. The lowest BCUT2D eigenvalue weighted by atomic mass is 10.7. The van der Waals surface area contributed by atoms with Gasteiger partial charge in [0.2, 0.25) is 0 Å². The summed E-state index contributed by atoms with van der Waals surface area (Å²) >= 11 is 0. The lowest BCUT2D eigenvalue weighted by Gasteiger charge is -1.79. The average Bonchev–Trinajstić information content (AvgIpc) is 1.63. The smallest absolute Gasteiger partial charge is 0.348 e. The van der Waals surface area contributed by atoms with Gasteiger partial charge in [-0.1, -0.05) is 0 Å². The molecule has 0 aliphatic rings. The molecule has 5 heteroatoms. The fourth-order valence-electron chi connectivity index (χ4n) is 0.169. The SMILES string of the molecule is C/C(N)=N/N=C/C(=O)O. The van der Waals surface area contributed by atoms with E-state index in [1.165, 1.54) is 6.92 Å². The van der Waals surface area contributed by atoms with Crippen molar-refractivity contribution < 1.29 is 9.90 Å². The maximum Gasteiger partial charge on any atom is 0.348 e. The third-order valence-electron chi connectivity index (χ3n) is 0.384.